The van der Waals surface area contributed by atoms with Gasteiger partial charge in [-0.25, -0.2) is 0 Å². The Bertz CT molecular complexity index is 402. The minimum absolute atomic E-state index is 0.0633. The van der Waals surface area contributed by atoms with Gasteiger partial charge in [-0.05, 0) is 36.5 Å². The standard InChI is InChI=1S/C13H17NO3/c14-13(9-3-5-15-6-4-9)10-1-2-11-12(7-10)17-8-16-11/h1-2,7,9,13H,3-6,8,14H2/t13-/m1/s1. The van der Waals surface area contributed by atoms with Gasteiger partial charge in [0.1, 0.15) is 0 Å². The summed E-state index contributed by atoms with van der Waals surface area (Å²) in [6.45, 7) is 1.96. The Kier molecular flexibility index (Phi) is 2.91. The van der Waals surface area contributed by atoms with Crippen molar-refractivity contribution < 1.29 is 14.2 Å². The van der Waals surface area contributed by atoms with Crippen LogP contribution in [0.5, 0.6) is 11.5 Å². The van der Waals surface area contributed by atoms with Crippen molar-refractivity contribution in [2.45, 2.75) is 18.9 Å². The zero-order valence-electron chi connectivity index (χ0n) is 9.72. The van der Waals surface area contributed by atoms with Crippen molar-refractivity contribution in [1.82, 2.24) is 0 Å². The molecule has 0 saturated carbocycles. The van der Waals surface area contributed by atoms with E-state index in [1.165, 1.54) is 0 Å². The van der Waals surface area contributed by atoms with E-state index in [4.69, 9.17) is 19.9 Å². The molecule has 0 unspecified atom stereocenters. The van der Waals surface area contributed by atoms with Gasteiger partial charge < -0.3 is 19.9 Å². The lowest BCUT2D eigenvalue weighted by Gasteiger charge is -2.27. The third-order valence-electron chi connectivity index (χ3n) is 3.56. The molecule has 1 aromatic rings. The normalized spacial score (nSPS) is 21.5. The summed E-state index contributed by atoms with van der Waals surface area (Å²) in [6, 6.07) is 6.04. The molecular formula is C13H17NO3. The van der Waals surface area contributed by atoms with Crippen LogP contribution in [-0.4, -0.2) is 20.0 Å². The summed E-state index contributed by atoms with van der Waals surface area (Å²) in [5.74, 6) is 2.13. The van der Waals surface area contributed by atoms with E-state index in [9.17, 15) is 0 Å². The number of rotatable bonds is 2. The van der Waals surface area contributed by atoms with Crippen LogP contribution in [0.2, 0.25) is 0 Å². The fourth-order valence-electron chi connectivity index (χ4n) is 2.47. The molecule has 1 fully saturated rings. The molecule has 1 aromatic carbocycles. The predicted molar refractivity (Wildman–Crippen MR) is 63.0 cm³/mol. The first-order chi connectivity index (χ1) is 8.34. The third kappa shape index (κ3) is 2.10. The molecule has 2 heterocycles. The molecule has 3 rings (SSSR count). The average molecular weight is 235 g/mol. The second-order valence-corrected chi connectivity index (χ2v) is 4.59. The number of fused-ring (bicyclic) bond motifs is 1. The molecule has 2 aliphatic rings. The number of nitrogens with two attached hydrogens (primary N) is 1. The van der Waals surface area contributed by atoms with Gasteiger partial charge in [0.2, 0.25) is 6.79 Å². The van der Waals surface area contributed by atoms with Crippen LogP contribution in [0.15, 0.2) is 18.2 Å². The number of hydrogen-bond donors (Lipinski definition) is 1. The second-order valence-electron chi connectivity index (χ2n) is 4.59. The first-order valence-electron chi connectivity index (χ1n) is 6.07. The van der Waals surface area contributed by atoms with Gasteiger partial charge in [-0.3, -0.25) is 0 Å². The minimum Gasteiger partial charge on any atom is -0.454 e. The lowest BCUT2D eigenvalue weighted by atomic mass is 9.88. The van der Waals surface area contributed by atoms with Crippen LogP contribution < -0.4 is 15.2 Å². The van der Waals surface area contributed by atoms with Crippen molar-refractivity contribution in [1.29, 1.82) is 0 Å². The van der Waals surface area contributed by atoms with Gasteiger partial charge in [0.25, 0.3) is 0 Å². The first kappa shape index (κ1) is 10.9. The lowest BCUT2D eigenvalue weighted by Crippen LogP contribution is -2.27. The molecule has 4 nitrogen and oxygen atoms in total. The Morgan fingerprint density at radius 2 is 1.88 bits per heavy atom. The van der Waals surface area contributed by atoms with E-state index in [-0.39, 0.29) is 6.04 Å². The SMILES string of the molecule is N[C@@H](c1ccc2c(c1)OCO2)C1CCOCC1. The largest absolute Gasteiger partial charge is 0.454 e. The van der Waals surface area contributed by atoms with Crippen molar-refractivity contribution >= 4 is 0 Å². The molecule has 4 heteroatoms. The van der Waals surface area contributed by atoms with Gasteiger partial charge in [-0.1, -0.05) is 6.07 Å². The van der Waals surface area contributed by atoms with Gasteiger partial charge in [0, 0.05) is 19.3 Å². The smallest absolute Gasteiger partial charge is 0.231 e. The lowest BCUT2D eigenvalue weighted by molar-refractivity contribution is 0.0583. The van der Waals surface area contributed by atoms with Crippen molar-refractivity contribution in [2.24, 2.45) is 11.7 Å². The van der Waals surface area contributed by atoms with Crippen molar-refractivity contribution in [2.75, 3.05) is 20.0 Å². The van der Waals surface area contributed by atoms with Crippen LogP contribution in [0.3, 0.4) is 0 Å². The third-order valence-corrected chi connectivity index (χ3v) is 3.56. The van der Waals surface area contributed by atoms with Crippen LogP contribution in [0.1, 0.15) is 24.4 Å². The molecule has 1 atom stereocenters. The zero-order chi connectivity index (χ0) is 11.7. The Hall–Kier alpha value is -1.26. The average Bonchev–Trinajstić information content (AvgIpc) is 2.86. The monoisotopic (exact) mass is 235 g/mol. The maximum Gasteiger partial charge on any atom is 0.231 e. The highest BCUT2D eigenvalue weighted by atomic mass is 16.7. The van der Waals surface area contributed by atoms with Crippen LogP contribution in [-0.2, 0) is 4.74 Å². The molecule has 0 aromatic heterocycles. The maximum atomic E-state index is 6.31. The molecule has 2 aliphatic heterocycles. The Morgan fingerprint density at radius 3 is 2.71 bits per heavy atom. The summed E-state index contributed by atoms with van der Waals surface area (Å²) in [5, 5.41) is 0. The first-order valence-corrected chi connectivity index (χ1v) is 6.07. The van der Waals surface area contributed by atoms with Gasteiger partial charge in [-0.15, -0.1) is 0 Å². The molecule has 0 radical (unpaired) electrons. The summed E-state index contributed by atoms with van der Waals surface area (Å²) < 4.78 is 16.0. The fraction of sp³-hybridized carbons (Fsp3) is 0.538. The molecule has 1 saturated heterocycles. The summed E-state index contributed by atoms with van der Waals surface area (Å²) in [6.07, 6.45) is 2.07. The number of benzene rings is 1. The van der Waals surface area contributed by atoms with E-state index in [1.54, 1.807) is 0 Å². The van der Waals surface area contributed by atoms with Gasteiger partial charge >= 0.3 is 0 Å². The van der Waals surface area contributed by atoms with E-state index < -0.39 is 0 Å². The summed E-state index contributed by atoms with van der Waals surface area (Å²) in [5.41, 5.74) is 7.44. The van der Waals surface area contributed by atoms with Crippen LogP contribution in [0.4, 0.5) is 0 Å². The Labute approximate surface area is 101 Å². The minimum atomic E-state index is 0.0633. The van der Waals surface area contributed by atoms with E-state index in [1.807, 2.05) is 18.2 Å². The zero-order valence-corrected chi connectivity index (χ0v) is 9.72. The van der Waals surface area contributed by atoms with Gasteiger partial charge in [0.15, 0.2) is 11.5 Å². The summed E-state index contributed by atoms with van der Waals surface area (Å²) in [4.78, 5) is 0. The van der Waals surface area contributed by atoms with Crippen molar-refractivity contribution in [3.8, 4) is 11.5 Å². The van der Waals surface area contributed by atoms with Gasteiger partial charge in [-0.2, -0.15) is 0 Å². The summed E-state index contributed by atoms with van der Waals surface area (Å²) >= 11 is 0. The predicted octanol–water partition coefficient (Wildman–Crippen LogP) is 1.84. The fourth-order valence-corrected chi connectivity index (χ4v) is 2.47. The van der Waals surface area contributed by atoms with Crippen LogP contribution in [0, 0.1) is 5.92 Å². The maximum absolute atomic E-state index is 6.31. The van der Waals surface area contributed by atoms with Crippen molar-refractivity contribution in [3.63, 3.8) is 0 Å². The van der Waals surface area contributed by atoms with E-state index in [2.05, 4.69) is 0 Å². The molecule has 0 amide bonds. The molecule has 0 bridgehead atoms. The quantitative estimate of drug-likeness (QED) is 0.849. The van der Waals surface area contributed by atoms with E-state index in [0.29, 0.717) is 12.7 Å². The molecule has 0 aliphatic carbocycles. The highest BCUT2D eigenvalue weighted by Crippen LogP contribution is 2.36. The molecule has 2 N–H and O–H groups in total. The topological polar surface area (TPSA) is 53.7 Å². The van der Waals surface area contributed by atoms with Crippen LogP contribution in [0.25, 0.3) is 0 Å². The molecule has 92 valence electrons. The Balaban J connectivity index is 1.78. The molecule has 17 heavy (non-hydrogen) atoms. The Morgan fingerprint density at radius 1 is 1.12 bits per heavy atom. The van der Waals surface area contributed by atoms with E-state index >= 15 is 0 Å². The second kappa shape index (κ2) is 4.55. The number of hydrogen-bond acceptors (Lipinski definition) is 4. The highest BCUT2D eigenvalue weighted by molar-refractivity contribution is 5.45. The summed E-state index contributed by atoms with van der Waals surface area (Å²) in [7, 11) is 0. The van der Waals surface area contributed by atoms with Gasteiger partial charge in [0.05, 0.1) is 0 Å². The van der Waals surface area contributed by atoms with Crippen molar-refractivity contribution in [3.05, 3.63) is 23.8 Å². The molecule has 0 spiro atoms. The number of ether oxygens (including phenoxy) is 3. The van der Waals surface area contributed by atoms with E-state index in [0.717, 1.165) is 43.1 Å². The highest BCUT2D eigenvalue weighted by Gasteiger charge is 2.24. The molecular weight excluding hydrogens is 218 g/mol. The van der Waals surface area contributed by atoms with Crippen LogP contribution >= 0.6 is 0 Å².